The SMILES string of the molecule is Cc1nc(SCCOc2ccc(C(=O)O)cc2)oc1C. The average Bonchev–Trinajstić information content (AvgIpc) is 2.74. The zero-order chi connectivity index (χ0) is 14.5. The maximum absolute atomic E-state index is 10.7. The van der Waals surface area contributed by atoms with E-state index in [0.717, 1.165) is 11.5 Å². The summed E-state index contributed by atoms with van der Waals surface area (Å²) in [4.78, 5) is 15.0. The van der Waals surface area contributed by atoms with Crippen LogP contribution in [0, 0.1) is 13.8 Å². The first kappa shape index (κ1) is 14.5. The van der Waals surface area contributed by atoms with E-state index in [4.69, 9.17) is 14.3 Å². The van der Waals surface area contributed by atoms with Gasteiger partial charge in [-0.3, -0.25) is 0 Å². The van der Waals surface area contributed by atoms with E-state index in [2.05, 4.69) is 4.98 Å². The zero-order valence-electron chi connectivity index (χ0n) is 11.3. The van der Waals surface area contributed by atoms with E-state index >= 15 is 0 Å². The normalized spacial score (nSPS) is 10.5. The molecule has 0 atom stereocenters. The molecule has 5 nitrogen and oxygen atoms in total. The minimum absolute atomic E-state index is 0.248. The van der Waals surface area contributed by atoms with E-state index in [1.54, 1.807) is 12.1 Å². The number of carbonyl (C=O) groups is 1. The summed E-state index contributed by atoms with van der Waals surface area (Å²) in [5.41, 5.74) is 1.15. The number of aryl methyl sites for hydroxylation is 2. The standard InChI is InChI=1S/C14H15NO4S/c1-9-10(2)19-14(15-9)20-8-7-18-12-5-3-11(4-6-12)13(16)17/h3-6H,7-8H2,1-2H3,(H,16,17). The summed E-state index contributed by atoms with van der Waals surface area (Å²) < 4.78 is 11.0. The van der Waals surface area contributed by atoms with Gasteiger partial charge >= 0.3 is 5.97 Å². The van der Waals surface area contributed by atoms with Crippen LogP contribution in [0.1, 0.15) is 21.8 Å². The van der Waals surface area contributed by atoms with Gasteiger partial charge in [0.05, 0.1) is 17.9 Å². The molecule has 0 spiro atoms. The first-order valence-electron chi connectivity index (χ1n) is 6.09. The van der Waals surface area contributed by atoms with Gasteiger partial charge in [0.25, 0.3) is 5.22 Å². The highest BCUT2D eigenvalue weighted by Gasteiger charge is 2.06. The van der Waals surface area contributed by atoms with Crippen LogP contribution in [0.2, 0.25) is 0 Å². The molecule has 0 fully saturated rings. The van der Waals surface area contributed by atoms with Crippen molar-refractivity contribution in [3.8, 4) is 5.75 Å². The molecule has 1 heterocycles. The molecule has 2 rings (SSSR count). The highest BCUT2D eigenvalue weighted by atomic mass is 32.2. The molecule has 20 heavy (non-hydrogen) atoms. The van der Waals surface area contributed by atoms with Crippen molar-refractivity contribution >= 4 is 17.7 Å². The van der Waals surface area contributed by atoms with E-state index in [1.807, 2.05) is 13.8 Å². The number of aromatic nitrogens is 1. The van der Waals surface area contributed by atoms with Gasteiger partial charge in [0.2, 0.25) is 0 Å². The predicted octanol–water partition coefficient (Wildman–Crippen LogP) is 3.16. The zero-order valence-corrected chi connectivity index (χ0v) is 12.1. The molecule has 0 aliphatic heterocycles. The number of hydrogen-bond donors (Lipinski definition) is 1. The molecule has 2 aromatic rings. The summed E-state index contributed by atoms with van der Waals surface area (Å²) in [7, 11) is 0. The van der Waals surface area contributed by atoms with Gasteiger partial charge in [-0.2, -0.15) is 0 Å². The summed E-state index contributed by atoms with van der Waals surface area (Å²) in [6, 6.07) is 6.33. The number of rotatable bonds is 6. The number of carboxylic acids is 1. The summed E-state index contributed by atoms with van der Waals surface area (Å²) >= 11 is 1.49. The van der Waals surface area contributed by atoms with Crippen molar-refractivity contribution in [3.05, 3.63) is 41.3 Å². The van der Waals surface area contributed by atoms with E-state index in [9.17, 15) is 4.79 Å². The van der Waals surface area contributed by atoms with Gasteiger partial charge in [-0.1, -0.05) is 11.8 Å². The third-order valence-electron chi connectivity index (χ3n) is 2.69. The van der Waals surface area contributed by atoms with Gasteiger partial charge in [0, 0.05) is 5.75 Å². The minimum atomic E-state index is -0.943. The molecular weight excluding hydrogens is 278 g/mol. The maximum atomic E-state index is 10.7. The fraction of sp³-hybridized carbons (Fsp3) is 0.286. The second-order valence-corrected chi connectivity index (χ2v) is 5.19. The Morgan fingerprint density at radius 2 is 2.05 bits per heavy atom. The van der Waals surface area contributed by atoms with Crippen LogP contribution in [0.5, 0.6) is 5.75 Å². The Balaban J connectivity index is 1.77. The molecule has 0 radical (unpaired) electrons. The number of aromatic carboxylic acids is 1. The number of nitrogens with zero attached hydrogens (tertiary/aromatic N) is 1. The second kappa shape index (κ2) is 6.47. The fourth-order valence-corrected chi connectivity index (χ4v) is 2.21. The number of hydrogen-bond acceptors (Lipinski definition) is 5. The first-order valence-corrected chi connectivity index (χ1v) is 7.08. The van der Waals surface area contributed by atoms with Crippen LogP contribution in [0.3, 0.4) is 0 Å². The van der Waals surface area contributed by atoms with Gasteiger partial charge in [-0.15, -0.1) is 0 Å². The van der Waals surface area contributed by atoms with E-state index in [-0.39, 0.29) is 5.56 Å². The summed E-state index contributed by atoms with van der Waals surface area (Å²) in [6.45, 7) is 4.29. The third-order valence-corrected chi connectivity index (χ3v) is 3.48. The molecular formula is C14H15NO4S. The molecule has 0 saturated carbocycles. The lowest BCUT2D eigenvalue weighted by molar-refractivity contribution is 0.0697. The number of carboxylic acid groups (broad SMARTS) is 1. The molecule has 0 aliphatic rings. The number of oxazole rings is 1. The fourth-order valence-electron chi connectivity index (χ4n) is 1.49. The van der Waals surface area contributed by atoms with Crippen molar-refractivity contribution in [1.82, 2.24) is 4.98 Å². The van der Waals surface area contributed by atoms with E-state index < -0.39 is 5.97 Å². The summed E-state index contributed by atoms with van der Waals surface area (Å²) in [6.07, 6.45) is 0. The Morgan fingerprint density at radius 3 is 2.60 bits per heavy atom. The van der Waals surface area contributed by atoms with Gasteiger partial charge in [0.1, 0.15) is 11.5 Å². The van der Waals surface area contributed by atoms with Crippen LogP contribution in [0.25, 0.3) is 0 Å². The monoisotopic (exact) mass is 293 g/mol. The largest absolute Gasteiger partial charge is 0.493 e. The van der Waals surface area contributed by atoms with Gasteiger partial charge in [-0.25, -0.2) is 9.78 Å². The molecule has 0 bridgehead atoms. The highest BCUT2D eigenvalue weighted by Crippen LogP contribution is 2.20. The Morgan fingerprint density at radius 1 is 1.35 bits per heavy atom. The maximum Gasteiger partial charge on any atom is 0.335 e. The van der Waals surface area contributed by atoms with Gasteiger partial charge < -0.3 is 14.3 Å². The molecule has 0 aliphatic carbocycles. The first-order chi connectivity index (χ1) is 9.56. The topological polar surface area (TPSA) is 72.6 Å². The second-order valence-electron chi connectivity index (χ2n) is 4.15. The molecule has 6 heteroatoms. The van der Waals surface area contributed by atoms with E-state index in [1.165, 1.54) is 23.9 Å². The Bertz CT molecular complexity index is 572. The average molecular weight is 293 g/mol. The highest BCUT2D eigenvalue weighted by molar-refractivity contribution is 7.99. The Labute approximate surface area is 121 Å². The third kappa shape index (κ3) is 3.77. The lowest BCUT2D eigenvalue weighted by Gasteiger charge is -2.05. The smallest absolute Gasteiger partial charge is 0.335 e. The number of thioether (sulfide) groups is 1. The van der Waals surface area contributed by atoms with Gasteiger partial charge in [-0.05, 0) is 38.1 Å². The number of ether oxygens (including phenoxy) is 1. The van der Waals surface area contributed by atoms with Crippen molar-refractivity contribution in [2.75, 3.05) is 12.4 Å². The molecule has 0 unspecified atom stereocenters. The lowest BCUT2D eigenvalue weighted by Crippen LogP contribution is -2.01. The summed E-state index contributed by atoms with van der Waals surface area (Å²) in [5, 5.41) is 9.42. The molecule has 1 aromatic carbocycles. The van der Waals surface area contributed by atoms with Crippen molar-refractivity contribution in [1.29, 1.82) is 0 Å². The van der Waals surface area contributed by atoms with Crippen molar-refractivity contribution < 1.29 is 19.1 Å². The Kier molecular flexibility index (Phi) is 4.68. The van der Waals surface area contributed by atoms with Crippen LogP contribution < -0.4 is 4.74 Å². The summed E-state index contributed by atoms with van der Waals surface area (Å²) in [5.74, 6) is 1.25. The lowest BCUT2D eigenvalue weighted by atomic mass is 10.2. The molecule has 1 aromatic heterocycles. The quantitative estimate of drug-likeness (QED) is 0.651. The molecule has 1 N–H and O–H groups in total. The van der Waals surface area contributed by atoms with Crippen LogP contribution in [-0.2, 0) is 0 Å². The van der Waals surface area contributed by atoms with Crippen LogP contribution in [0.15, 0.2) is 33.9 Å². The van der Waals surface area contributed by atoms with Crippen LogP contribution in [0.4, 0.5) is 0 Å². The van der Waals surface area contributed by atoms with E-state index in [0.29, 0.717) is 23.3 Å². The van der Waals surface area contributed by atoms with Crippen LogP contribution >= 0.6 is 11.8 Å². The molecule has 106 valence electrons. The number of benzene rings is 1. The Hall–Kier alpha value is -1.95. The van der Waals surface area contributed by atoms with Crippen molar-refractivity contribution in [2.45, 2.75) is 19.1 Å². The molecule has 0 amide bonds. The van der Waals surface area contributed by atoms with Crippen LogP contribution in [-0.4, -0.2) is 28.4 Å². The minimum Gasteiger partial charge on any atom is -0.493 e. The van der Waals surface area contributed by atoms with Gasteiger partial charge in [0.15, 0.2) is 0 Å². The van der Waals surface area contributed by atoms with Crippen molar-refractivity contribution in [3.63, 3.8) is 0 Å². The van der Waals surface area contributed by atoms with Crippen molar-refractivity contribution in [2.24, 2.45) is 0 Å². The predicted molar refractivity (Wildman–Crippen MR) is 75.6 cm³/mol. The molecule has 0 saturated heterocycles.